The molecule has 4 aromatic carbocycles. The molecule has 0 aliphatic carbocycles. The van der Waals surface area contributed by atoms with Crippen LogP contribution in [0.15, 0.2) is 84.9 Å². The maximum Gasteiger partial charge on any atom is 0.269 e. The molecule has 206 valence electrons. The average molecular weight is 609 g/mol. The Labute approximate surface area is 249 Å². The Morgan fingerprint density at radius 2 is 1.59 bits per heavy atom. The quantitative estimate of drug-likeness (QED) is 0.179. The fourth-order valence-electron chi connectivity index (χ4n) is 5.87. The van der Waals surface area contributed by atoms with Crippen molar-refractivity contribution < 1.29 is 19.2 Å². The van der Waals surface area contributed by atoms with Gasteiger partial charge in [0.15, 0.2) is 0 Å². The molecular weight excluding hydrogens is 589 g/mol. The number of carbonyl (C=O) groups is 2. The summed E-state index contributed by atoms with van der Waals surface area (Å²) in [6, 6.07) is 21.9. The number of nitrogens with zero attached hydrogens (tertiary/aromatic N) is 1. The fraction of sp³-hybridized carbons (Fsp3) is 0.133. The highest BCUT2D eigenvalue weighted by atomic mass is 35.5. The van der Waals surface area contributed by atoms with E-state index in [2.05, 4.69) is 10.6 Å². The lowest BCUT2D eigenvalue weighted by atomic mass is 9.59. The van der Waals surface area contributed by atoms with Crippen LogP contribution in [0, 0.1) is 10.1 Å². The third kappa shape index (κ3) is 4.68. The molecule has 8 nitrogen and oxygen atoms in total. The van der Waals surface area contributed by atoms with E-state index < -0.39 is 22.3 Å². The highest BCUT2D eigenvalue weighted by Gasteiger charge is 2.61. The SMILES string of the molecule is O=C1CC(c2cccc(Cl)c2)C2(C(=O)Nc3cc(Cl)ccc32)C(c2cc(Cl)ccc2Oc2ccc([N+](=O)[O-])cc2)N1. The van der Waals surface area contributed by atoms with Crippen LogP contribution in [0.5, 0.6) is 11.5 Å². The van der Waals surface area contributed by atoms with Crippen LogP contribution >= 0.6 is 34.8 Å². The first-order valence-electron chi connectivity index (χ1n) is 12.5. The first-order valence-corrected chi connectivity index (χ1v) is 13.7. The van der Waals surface area contributed by atoms with Gasteiger partial charge in [-0.2, -0.15) is 0 Å². The molecule has 41 heavy (non-hydrogen) atoms. The molecule has 2 aliphatic heterocycles. The van der Waals surface area contributed by atoms with Gasteiger partial charge in [0.05, 0.1) is 11.0 Å². The molecule has 0 radical (unpaired) electrons. The second kappa shape index (κ2) is 10.4. The van der Waals surface area contributed by atoms with Gasteiger partial charge >= 0.3 is 0 Å². The highest BCUT2D eigenvalue weighted by molar-refractivity contribution is 6.31. The molecule has 3 unspecified atom stereocenters. The molecule has 3 atom stereocenters. The number of nitro benzene ring substituents is 1. The van der Waals surface area contributed by atoms with Gasteiger partial charge in [-0.15, -0.1) is 0 Å². The van der Waals surface area contributed by atoms with E-state index in [0.29, 0.717) is 43.4 Å². The third-order valence-electron chi connectivity index (χ3n) is 7.56. The van der Waals surface area contributed by atoms with E-state index in [9.17, 15) is 19.7 Å². The smallest absolute Gasteiger partial charge is 0.269 e. The van der Waals surface area contributed by atoms with Crippen molar-refractivity contribution >= 4 is 58.0 Å². The minimum atomic E-state index is -1.34. The van der Waals surface area contributed by atoms with Gasteiger partial charge in [-0.1, -0.05) is 53.0 Å². The largest absolute Gasteiger partial charge is 0.457 e. The molecule has 1 spiro atoms. The maximum atomic E-state index is 14.3. The molecular formula is C30H20Cl3N3O5. The van der Waals surface area contributed by atoms with Gasteiger partial charge in [0, 0.05) is 50.8 Å². The lowest BCUT2D eigenvalue weighted by Crippen LogP contribution is -2.56. The van der Waals surface area contributed by atoms with Crippen molar-refractivity contribution in [2.45, 2.75) is 23.8 Å². The van der Waals surface area contributed by atoms with E-state index in [1.165, 1.54) is 24.3 Å². The van der Waals surface area contributed by atoms with Crippen molar-refractivity contribution in [3.8, 4) is 11.5 Å². The number of anilines is 1. The number of non-ortho nitro benzene ring substituents is 1. The highest BCUT2D eigenvalue weighted by Crippen LogP contribution is 2.58. The predicted molar refractivity (Wildman–Crippen MR) is 156 cm³/mol. The number of halogens is 3. The van der Waals surface area contributed by atoms with Crippen molar-refractivity contribution in [3.05, 3.63) is 127 Å². The van der Waals surface area contributed by atoms with Crippen molar-refractivity contribution in [1.82, 2.24) is 5.32 Å². The topological polar surface area (TPSA) is 111 Å². The van der Waals surface area contributed by atoms with Crippen molar-refractivity contribution in [2.24, 2.45) is 0 Å². The summed E-state index contributed by atoms with van der Waals surface area (Å²) >= 11 is 19.2. The molecule has 2 amide bonds. The van der Waals surface area contributed by atoms with E-state index in [-0.39, 0.29) is 23.9 Å². The van der Waals surface area contributed by atoms with E-state index in [1.54, 1.807) is 54.6 Å². The average Bonchev–Trinajstić information content (AvgIpc) is 3.22. The number of carbonyl (C=O) groups excluding carboxylic acids is 2. The van der Waals surface area contributed by atoms with E-state index in [0.717, 1.165) is 5.56 Å². The van der Waals surface area contributed by atoms with E-state index in [1.807, 2.05) is 6.07 Å². The molecule has 11 heteroatoms. The zero-order valence-electron chi connectivity index (χ0n) is 21.1. The Balaban J connectivity index is 1.56. The standard InChI is InChI=1S/C30H20Cl3N3O5/c31-17-3-1-2-16(12-17)24-15-27(37)35-28(30(24)23-10-4-19(33)14-25(23)34-29(30)38)22-13-18(32)5-11-26(22)41-21-8-6-20(7-9-21)36(39)40/h1-14,24,28H,15H2,(H,34,38)(H,35,37). The summed E-state index contributed by atoms with van der Waals surface area (Å²) in [6.45, 7) is 0. The third-order valence-corrected chi connectivity index (χ3v) is 8.27. The second-order valence-corrected chi connectivity index (χ2v) is 11.2. The summed E-state index contributed by atoms with van der Waals surface area (Å²) in [7, 11) is 0. The number of amides is 2. The zero-order valence-corrected chi connectivity index (χ0v) is 23.3. The van der Waals surface area contributed by atoms with Crippen LogP contribution in [-0.2, 0) is 15.0 Å². The summed E-state index contributed by atoms with van der Waals surface area (Å²) in [4.78, 5) is 38.2. The van der Waals surface area contributed by atoms with Gasteiger partial charge in [0.1, 0.15) is 16.9 Å². The van der Waals surface area contributed by atoms with Crippen LogP contribution in [-0.4, -0.2) is 16.7 Å². The Kier molecular flexibility index (Phi) is 6.85. The van der Waals surface area contributed by atoms with Crippen LogP contribution in [0.1, 0.15) is 35.1 Å². The van der Waals surface area contributed by atoms with Crippen LogP contribution in [0.3, 0.4) is 0 Å². The number of nitrogens with one attached hydrogen (secondary N) is 2. The number of hydrogen-bond acceptors (Lipinski definition) is 5. The minimum absolute atomic E-state index is 0.0193. The van der Waals surface area contributed by atoms with Gasteiger partial charge in [0.25, 0.3) is 5.69 Å². The lowest BCUT2D eigenvalue weighted by molar-refractivity contribution is -0.384. The van der Waals surface area contributed by atoms with Crippen LogP contribution in [0.2, 0.25) is 15.1 Å². The Hall–Kier alpha value is -4.11. The number of rotatable bonds is 5. The number of fused-ring (bicyclic) bond motifs is 2. The minimum Gasteiger partial charge on any atom is -0.457 e. The Morgan fingerprint density at radius 1 is 0.878 bits per heavy atom. The fourth-order valence-corrected chi connectivity index (χ4v) is 6.42. The van der Waals surface area contributed by atoms with Gasteiger partial charge in [-0.25, -0.2) is 0 Å². The second-order valence-electron chi connectivity index (χ2n) is 9.86. The van der Waals surface area contributed by atoms with Gasteiger partial charge < -0.3 is 15.4 Å². The first-order chi connectivity index (χ1) is 19.7. The molecule has 4 aromatic rings. The number of hydrogen-bond donors (Lipinski definition) is 2. The van der Waals surface area contributed by atoms with Crippen LogP contribution in [0.4, 0.5) is 11.4 Å². The van der Waals surface area contributed by atoms with Crippen LogP contribution in [0.25, 0.3) is 0 Å². The van der Waals surface area contributed by atoms with Gasteiger partial charge in [-0.3, -0.25) is 19.7 Å². The molecule has 6 rings (SSSR count). The predicted octanol–water partition coefficient (Wildman–Crippen LogP) is 7.58. The molecule has 0 bridgehead atoms. The van der Waals surface area contributed by atoms with Crippen molar-refractivity contribution in [1.29, 1.82) is 0 Å². The Bertz CT molecular complexity index is 1730. The molecule has 0 saturated carbocycles. The molecule has 2 aliphatic rings. The Morgan fingerprint density at radius 3 is 2.32 bits per heavy atom. The van der Waals surface area contributed by atoms with Crippen LogP contribution < -0.4 is 15.4 Å². The zero-order chi connectivity index (χ0) is 28.9. The van der Waals surface area contributed by atoms with E-state index >= 15 is 0 Å². The molecule has 1 saturated heterocycles. The normalized spacial score (nSPS) is 21.2. The maximum absolute atomic E-state index is 14.3. The molecule has 0 aromatic heterocycles. The number of ether oxygens (including phenoxy) is 1. The molecule has 1 fully saturated rings. The summed E-state index contributed by atoms with van der Waals surface area (Å²) in [5.74, 6) is -0.582. The molecule has 2 heterocycles. The van der Waals surface area contributed by atoms with E-state index in [4.69, 9.17) is 39.5 Å². The molecule has 2 N–H and O–H groups in total. The summed E-state index contributed by atoms with van der Waals surface area (Å²) < 4.78 is 6.19. The van der Waals surface area contributed by atoms with Crippen molar-refractivity contribution in [2.75, 3.05) is 5.32 Å². The number of nitro groups is 1. The number of piperidine rings is 1. The summed E-state index contributed by atoms with van der Waals surface area (Å²) in [5.41, 5.74) is 0.939. The van der Waals surface area contributed by atoms with Gasteiger partial charge in [-0.05, 0) is 65.7 Å². The lowest BCUT2D eigenvalue weighted by Gasteiger charge is -2.46. The summed E-state index contributed by atoms with van der Waals surface area (Å²) in [5, 5.41) is 18.4. The summed E-state index contributed by atoms with van der Waals surface area (Å²) in [6.07, 6.45) is 0.0193. The van der Waals surface area contributed by atoms with Gasteiger partial charge in [0.2, 0.25) is 11.8 Å². The monoisotopic (exact) mass is 607 g/mol. The first kappa shape index (κ1) is 27.1. The number of benzene rings is 4. The van der Waals surface area contributed by atoms with Crippen molar-refractivity contribution in [3.63, 3.8) is 0 Å².